The first-order valence-corrected chi connectivity index (χ1v) is 33.7. The van der Waals surface area contributed by atoms with E-state index in [4.69, 9.17) is 14.2 Å². The number of aliphatic hydroxyl groups is 8. The van der Waals surface area contributed by atoms with Crippen molar-refractivity contribution < 1.29 is 103 Å². The van der Waals surface area contributed by atoms with Crippen molar-refractivity contribution in [2.24, 2.45) is 5.92 Å². The minimum Gasteiger partial charge on any atom is -0.504 e. The molecule has 4 aromatic rings. The number of hydrogen-bond donors (Lipinski definition) is 16. The molecule has 0 bridgehead atoms. The number of phenolic OH excluding ortho intramolecular Hbond substituents is 1. The number of fused-ring (bicyclic) bond motifs is 2. The van der Waals surface area contributed by atoms with Gasteiger partial charge in [-0.05, 0) is 93.2 Å². The normalized spacial score (nSPS) is 25.3. The Kier molecular flexibility index (Phi) is 28.0. The smallest absolute Gasteiger partial charge is 0.261 e. The third kappa shape index (κ3) is 20.0. The molecule has 4 fully saturated rings. The van der Waals surface area contributed by atoms with Crippen LogP contribution in [0.3, 0.4) is 0 Å². The van der Waals surface area contributed by atoms with Crippen LogP contribution in [0.2, 0.25) is 0 Å². The van der Waals surface area contributed by atoms with Crippen molar-refractivity contribution in [3.63, 3.8) is 0 Å². The van der Waals surface area contributed by atoms with Crippen LogP contribution in [0.5, 0.6) is 11.5 Å². The minimum atomic E-state index is -2.16. The molecule has 3 aromatic carbocycles. The van der Waals surface area contributed by atoms with Crippen molar-refractivity contribution >= 4 is 70.7 Å². The summed E-state index contributed by atoms with van der Waals surface area (Å²) in [5, 5.41) is 136. The number of amides is 7. The fraction of sp³-hybridized carbons (Fsp3) is 0.571. The molecule has 1 aromatic heterocycles. The molecular formula is C63H87N11O21S2. The maximum absolute atomic E-state index is 15.0. The third-order valence-corrected chi connectivity index (χ3v) is 18.9. The lowest BCUT2D eigenvalue weighted by molar-refractivity contribution is -0.433. The summed E-state index contributed by atoms with van der Waals surface area (Å²) in [6.07, 6.45) is -7.13. The number of nitrogens with zero attached hydrogens (tertiary/aromatic N) is 5. The van der Waals surface area contributed by atoms with E-state index in [9.17, 15) is 79.5 Å². The quantitative estimate of drug-likeness (QED) is 0.0154. The largest absolute Gasteiger partial charge is 0.504 e. The number of benzene rings is 3. The molecule has 7 amide bonds. The molecular weight excluding hydrogens is 1310 g/mol. The summed E-state index contributed by atoms with van der Waals surface area (Å²) in [4.78, 5) is 106. The van der Waals surface area contributed by atoms with E-state index in [1.54, 1.807) is 12.1 Å². The molecule has 4 aliphatic heterocycles. The number of aromatic hydroxyl groups is 1. The maximum atomic E-state index is 15.0. The number of piperidine rings is 1. The standard InChI is InChI=1S/C63H87N11O21S2/c1-4-5-6-23-92-43-18-21-72(22-19-43)40-14-12-38(13-15-40)61-71-70-60(96-61)37-10-8-36(9-11-37)55(84)66-44-26-41(78)28-65-59(88)53-54(83)33(2)29-74(53)63(90)52(47(81)17-20-64-39(31-75)32-76)69-58(87)51(48(82)24-35-7-16-46(80)49(25-35)93-97-95-94-91)68-57(86)45-27-42(79)30-73(45)62(89)50(34(3)77)67-56(44)85/h7-16,25,33-34,39,41-45,47-48,50-54,64,75-83,91H,4-6,17-24,26-32H2,1-3H3,(H,65,88)(H,66,84)(H,67,85)(H,68,86)(H,69,87)/t33-,34+,41+,42+,44?,45-,47+,48+,50-,51-,52-,53-,54-/m0/s1. The first kappa shape index (κ1) is 75.5. The van der Waals surface area contributed by atoms with Gasteiger partial charge in [0.05, 0.1) is 62.0 Å². The number of aromatic nitrogens is 2. The van der Waals surface area contributed by atoms with Gasteiger partial charge in [-0.15, -0.1) is 10.2 Å². The summed E-state index contributed by atoms with van der Waals surface area (Å²) >= 11 is 1.39. The topological polar surface area (TPSA) is 466 Å². The fourth-order valence-corrected chi connectivity index (χ4v) is 13.2. The van der Waals surface area contributed by atoms with Gasteiger partial charge in [0.15, 0.2) is 11.5 Å². The Labute approximate surface area is 567 Å². The van der Waals surface area contributed by atoms with E-state index in [1.165, 1.54) is 36.5 Å². The van der Waals surface area contributed by atoms with Crippen LogP contribution < -0.4 is 41.0 Å². The molecule has 4 aliphatic rings. The molecule has 34 heteroatoms. The number of carbonyl (C=O) groups excluding carboxylic acids is 7. The van der Waals surface area contributed by atoms with E-state index >= 15 is 0 Å². The highest BCUT2D eigenvalue weighted by Crippen LogP contribution is 2.34. The first-order chi connectivity index (χ1) is 46.5. The monoisotopic (exact) mass is 1400 g/mol. The number of hydrogen-bond acceptors (Lipinski definition) is 27. The Morgan fingerprint density at radius 2 is 1.42 bits per heavy atom. The summed E-state index contributed by atoms with van der Waals surface area (Å²) in [6.45, 7) is 4.41. The summed E-state index contributed by atoms with van der Waals surface area (Å²) in [5.74, 6) is -9.61. The fourth-order valence-electron chi connectivity index (χ4n) is 12.0. The van der Waals surface area contributed by atoms with Gasteiger partial charge in [-0.1, -0.05) is 65.6 Å². The van der Waals surface area contributed by atoms with Gasteiger partial charge >= 0.3 is 0 Å². The first-order valence-electron chi connectivity index (χ1n) is 32.2. The lowest BCUT2D eigenvalue weighted by Crippen LogP contribution is -2.64. The maximum Gasteiger partial charge on any atom is 0.261 e. The van der Waals surface area contributed by atoms with Crippen molar-refractivity contribution in [1.29, 1.82) is 0 Å². The van der Waals surface area contributed by atoms with Gasteiger partial charge in [0, 0.05) is 86.9 Å². The van der Waals surface area contributed by atoms with Crippen LogP contribution in [0, 0.1) is 5.92 Å². The van der Waals surface area contributed by atoms with Crippen LogP contribution in [-0.2, 0) is 49.3 Å². The molecule has 4 saturated heterocycles. The molecule has 0 radical (unpaired) electrons. The van der Waals surface area contributed by atoms with Crippen LogP contribution in [0.25, 0.3) is 21.1 Å². The zero-order valence-electron chi connectivity index (χ0n) is 53.8. The van der Waals surface area contributed by atoms with Gasteiger partial charge in [-0.25, -0.2) is 5.26 Å². The van der Waals surface area contributed by atoms with Crippen LogP contribution >= 0.6 is 23.7 Å². The Hall–Kier alpha value is -7.26. The number of anilines is 1. The molecule has 8 rings (SSSR count). The van der Waals surface area contributed by atoms with E-state index < -0.39 is 184 Å². The van der Waals surface area contributed by atoms with E-state index in [0.717, 1.165) is 91.9 Å². The average molecular weight is 1400 g/mol. The van der Waals surface area contributed by atoms with Gasteiger partial charge in [0.1, 0.15) is 46.3 Å². The molecule has 1 unspecified atom stereocenters. The summed E-state index contributed by atoms with van der Waals surface area (Å²) in [7, 11) is 0. The van der Waals surface area contributed by atoms with E-state index in [-0.39, 0.29) is 48.4 Å². The highest BCUT2D eigenvalue weighted by Gasteiger charge is 2.50. The molecule has 97 heavy (non-hydrogen) atoms. The van der Waals surface area contributed by atoms with Crippen LogP contribution in [0.1, 0.15) is 88.1 Å². The highest BCUT2D eigenvalue weighted by molar-refractivity contribution is 7.90. The Balaban J connectivity index is 1.05. The van der Waals surface area contributed by atoms with Crippen LogP contribution in [0.4, 0.5) is 5.69 Å². The van der Waals surface area contributed by atoms with E-state index in [2.05, 4.69) is 75.4 Å². The Bertz CT molecular complexity index is 3270. The second kappa shape index (κ2) is 36.0. The number of carbonyl (C=O) groups is 7. The number of aliphatic hydroxyl groups excluding tert-OH is 8. The van der Waals surface area contributed by atoms with E-state index in [1.807, 2.05) is 12.1 Å². The lowest BCUT2D eigenvalue weighted by atomic mass is 9.98. The lowest BCUT2D eigenvalue weighted by Gasteiger charge is -2.34. The molecule has 32 nitrogen and oxygen atoms in total. The van der Waals surface area contributed by atoms with Crippen molar-refractivity contribution in [2.45, 2.75) is 164 Å². The van der Waals surface area contributed by atoms with Gasteiger partial charge < -0.3 is 101 Å². The Morgan fingerprint density at radius 3 is 2.07 bits per heavy atom. The molecule has 0 saturated carbocycles. The van der Waals surface area contributed by atoms with Crippen molar-refractivity contribution in [3.8, 4) is 32.6 Å². The molecule has 532 valence electrons. The second-order valence-electron chi connectivity index (χ2n) is 24.7. The number of unbranched alkanes of at least 4 members (excludes halogenated alkanes) is 2. The predicted octanol–water partition coefficient (Wildman–Crippen LogP) is -1.60. The minimum absolute atomic E-state index is 0.0164. The summed E-state index contributed by atoms with van der Waals surface area (Å²) in [6, 6.07) is 5.45. The SMILES string of the molecule is CCCCCOC1CCN(c2ccc(-c3nnc(-c4ccc(C(=O)NC5C[C@@H](O)CNC(=O)[C@@H]6[C@@H](O)[C@@H](C)CN6C(=O)[C@H]([C@H](O)CCNC(CO)CO)NC(=O)[C@H]([C@H](O)Cc6ccc(O)c(OSOOO)c6)NC(=O)[C@@H]6C[C@@H](O)CN6C(=O)[C@H]([C@@H](C)O)NC5=O)cc4)s3)cc2)CC1. The number of rotatable bonds is 25. The molecule has 0 spiro atoms. The van der Waals surface area contributed by atoms with Crippen molar-refractivity contribution in [3.05, 3.63) is 77.9 Å². The van der Waals surface area contributed by atoms with Crippen molar-refractivity contribution in [2.75, 3.05) is 64.0 Å². The Morgan fingerprint density at radius 1 is 0.773 bits per heavy atom. The summed E-state index contributed by atoms with van der Waals surface area (Å²) < 4.78 is 15.5. The highest BCUT2D eigenvalue weighted by atomic mass is 32.2. The average Bonchev–Trinajstić information content (AvgIpc) is 1.67. The number of ether oxygens (including phenoxy) is 1. The number of nitrogens with one attached hydrogen (secondary N) is 6. The second-order valence-corrected chi connectivity index (χ2v) is 26.1. The zero-order chi connectivity index (χ0) is 70.0. The summed E-state index contributed by atoms with van der Waals surface area (Å²) in [5.41, 5.74) is 2.66. The van der Waals surface area contributed by atoms with Crippen LogP contribution in [0.15, 0.2) is 66.7 Å². The van der Waals surface area contributed by atoms with Crippen LogP contribution in [-0.4, -0.2) is 257 Å². The third-order valence-electron chi connectivity index (χ3n) is 17.6. The zero-order valence-corrected chi connectivity index (χ0v) is 55.4. The van der Waals surface area contributed by atoms with Gasteiger partial charge in [0.2, 0.25) is 35.4 Å². The molecule has 16 N–H and O–H groups in total. The molecule has 0 aliphatic carbocycles. The predicted molar refractivity (Wildman–Crippen MR) is 348 cm³/mol. The van der Waals surface area contributed by atoms with Gasteiger partial charge in [0.25, 0.3) is 18.2 Å². The van der Waals surface area contributed by atoms with Gasteiger partial charge in [-0.3, -0.25) is 33.6 Å². The molecule has 13 atom stereocenters. The van der Waals surface area contributed by atoms with Gasteiger partial charge in [-0.2, -0.15) is 0 Å². The number of phenols is 1. The van der Waals surface area contributed by atoms with Crippen molar-refractivity contribution in [1.82, 2.24) is 51.9 Å². The number of β-amino-alcohol motifs (C(OH)–C–C–N with tert-alkyl or cyclic N) is 1. The van der Waals surface area contributed by atoms with E-state index in [0.29, 0.717) is 15.6 Å². The molecule has 5 heterocycles.